The van der Waals surface area contributed by atoms with E-state index in [9.17, 15) is 9.90 Å². The lowest BCUT2D eigenvalue weighted by molar-refractivity contribution is -0.173. The van der Waals surface area contributed by atoms with Gasteiger partial charge in [-0.2, -0.15) is 0 Å². The SMILES string of the molecule is [2H]OC(=O)C1([O])C([2H])([2H])C(C([2H])([2H])[2H])(C([2H])([2H])[2H])N([2H])C1(C)C([2H])([2H])[2H]. The molecule has 0 aromatic rings. The van der Waals surface area contributed by atoms with Crippen LogP contribution in [-0.4, -0.2) is 27.8 Å². The second-order valence-electron chi connectivity index (χ2n) is 2.99. The largest absolute Gasteiger partial charge is 0.479 e. The lowest BCUT2D eigenvalue weighted by atomic mass is 9.82. The van der Waals surface area contributed by atoms with Crippen LogP contribution in [0.1, 0.15) is 48.9 Å². The summed E-state index contributed by atoms with van der Waals surface area (Å²) in [5.41, 5.74) is -11.7. The Balaban J connectivity index is 4.24. The average Bonchev–Trinajstić information content (AvgIpc) is 2.50. The van der Waals surface area contributed by atoms with Gasteiger partial charge in [-0.15, -0.1) is 0 Å². The monoisotopic (exact) mass is 199 g/mol. The third-order valence-corrected chi connectivity index (χ3v) is 1.72. The van der Waals surface area contributed by atoms with Crippen molar-refractivity contribution in [2.75, 3.05) is 0 Å². The van der Waals surface area contributed by atoms with Gasteiger partial charge < -0.3 is 10.4 Å². The highest BCUT2D eigenvalue weighted by atomic mass is 16.4. The second kappa shape index (κ2) is 2.45. The lowest BCUT2D eigenvalue weighted by Crippen LogP contribution is -2.56. The number of carboxylic acid groups (broad SMARTS) is 1. The molecule has 0 aromatic heterocycles. The normalized spacial score (nSPS) is 66.2. The summed E-state index contributed by atoms with van der Waals surface area (Å²) in [5.74, 6) is -2.35. The molecule has 0 aliphatic carbocycles. The quantitative estimate of drug-likeness (QED) is 0.656. The molecular formula is C9H16NO3. The molecule has 0 amide bonds. The third kappa shape index (κ3) is 1.44. The van der Waals surface area contributed by atoms with E-state index in [1.807, 2.05) is 0 Å². The Labute approximate surface area is 96.4 Å². The molecule has 4 nitrogen and oxygen atoms in total. The van der Waals surface area contributed by atoms with Crippen molar-refractivity contribution in [3.05, 3.63) is 0 Å². The Morgan fingerprint density at radius 3 is 2.92 bits per heavy atom. The van der Waals surface area contributed by atoms with Crippen LogP contribution in [0.2, 0.25) is 1.41 Å². The molecule has 4 heteroatoms. The van der Waals surface area contributed by atoms with Gasteiger partial charge in [-0.25, -0.2) is 9.90 Å². The number of carbonyl (C=O) groups is 1. The van der Waals surface area contributed by atoms with E-state index in [1.165, 1.54) is 0 Å². The Kier molecular flexibility index (Phi) is 0.470. The zero-order chi connectivity index (χ0) is 21.4. The van der Waals surface area contributed by atoms with Crippen LogP contribution in [0.4, 0.5) is 0 Å². The van der Waals surface area contributed by atoms with Crippen molar-refractivity contribution in [3.8, 4) is 0 Å². The number of rotatable bonds is 1. The molecule has 0 bridgehead atoms. The van der Waals surface area contributed by atoms with Crippen molar-refractivity contribution in [1.29, 1.82) is 1.43 Å². The summed E-state index contributed by atoms with van der Waals surface area (Å²) in [5, 5.41) is 16.1. The molecule has 1 aliphatic rings. The molecule has 13 heavy (non-hydrogen) atoms. The van der Waals surface area contributed by atoms with Gasteiger partial charge in [0.05, 0.1) is 5.54 Å². The molecule has 0 saturated carbocycles. The van der Waals surface area contributed by atoms with E-state index in [1.54, 1.807) is 0 Å². The fourth-order valence-corrected chi connectivity index (χ4v) is 1.07. The Morgan fingerprint density at radius 1 is 1.77 bits per heavy atom. The first-order valence-corrected chi connectivity index (χ1v) is 3.31. The molecule has 1 heterocycles. The van der Waals surface area contributed by atoms with Crippen molar-refractivity contribution in [3.63, 3.8) is 0 Å². The van der Waals surface area contributed by atoms with E-state index >= 15 is 0 Å². The van der Waals surface area contributed by atoms with Gasteiger partial charge in [0, 0.05) is 27.0 Å². The molecular weight excluding hydrogens is 170 g/mol. The van der Waals surface area contributed by atoms with Crippen LogP contribution >= 0.6 is 0 Å². The summed E-state index contributed by atoms with van der Waals surface area (Å²) >= 11 is 0. The standard InChI is InChI=1S/C9H16NO3/c1-7(2)5-9(13,6(11)12)8(3,4)10-7/h10H,5H2,1-4H3,(H,11,12)/i1D3,2D3,3D3,5D2/hD2. The molecule has 2 unspecified atom stereocenters. The molecule has 75 valence electrons. The van der Waals surface area contributed by atoms with E-state index in [2.05, 4.69) is 5.11 Å². The van der Waals surface area contributed by atoms with E-state index < -0.39 is 54.9 Å². The maximum Gasteiger partial charge on any atom is 0.341 e. The highest BCUT2D eigenvalue weighted by molar-refractivity contribution is 5.80. The molecule has 2 atom stereocenters. The maximum absolute atomic E-state index is 13.3. The van der Waals surface area contributed by atoms with Gasteiger partial charge in [-0.05, 0) is 27.5 Å². The van der Waals surface area contributed by atoms with Crippen molar-refractivity contribution in [1.82, 2.24) is 5.31 Å². The van der Waals surface area contributed by atoms with Gasteiger partial charge in [0.15, 0.2) is 0 Å². The maximum atomic E-state index is 13.3. The molecule has 1 fully saturated rings. The van der Waals surface area contributed by atoms with Gasteiger partial charge in [0.2, 0.25) is 5.60 Å². The van der Waals surface area contributed by atoms with Crippen molar-refractivity contribution >= 4 is 5.97 Å². The number of carboxylic acids is 1. The summed E-state index contributed by atoms with van der Waals surface area (Å²) in [7, 11) is 0. The molecule has 2 N–H and O–H groups in total. The van der Waals surface area contributed by atoms with Crippen LogP contribution in [0.25, 0.3) is 1.43 Å². The fraction of sp³-hybridized carbons (Fsp3) is 0.889. The highest BCUT2D eigenvalue weighted by Crippen LogP contribution is 2.39. The van der Waals surface area contributed by atoms with Gasteiger partial charge in [-0.1, -0.05) is 0 Å². The Bertz CT molecular complexity index is 581. The second-order valence-corrected chi connectivity index (χ2v) is 2.99. The lowest BCUT2D eigenvalue weighted by Gasteiger charge is -2.30. The van der Waals surface area contributed by atoms with E-state index in [4.69, 9.17) is 17.9 Å². The average molecular weight is 199 g/mol. The molecule has 1 radical (unpaired) electrons. The minimum Gasteiger partial charge on any atom is -0.479 e. The van der Waals surface area contributed by atoms with Crippen molar-refractivity contribution in [2.24, 2.45) is 0 Å². The van der Waals surface area contributed by atoms with E-state index in [0.29, 0.717) is 6.92 Å². The van der Waals surface area contributed by atoms with E-state index in [0.717, 1.165) is 0 Å². The predicted molar refractivity (Wildman–Crippen MR) is 47.0 cm³/mol. The van der Waals surface area contributed by atoms with Gasteiger partial charge >= 0.3 is 5.97 Å². The highest BCUT2D eigenvalue weighted by Gasteiger charge is 2.61. The van der Waals surface area contributed by atoms with Crippen molar-refractivity contribution < 1.29 is 31.5 Å². The zero-order valence-corrected chi connectivity index (χ0v) is 6.67. The molecule has 1 aliphatic heterocycles. The minimum atomic E-state index is -4.25. The summed E-state index contributed by atoms with van der Waals surface area (Å²) in [4.78, 5) is 12.0. The van der Waals surface area contributed by atoms with Crippen LogP contribution < -0.4 is 5.31 Å². The smallest absolute Gasteiger partial charge is 0.341 e. The van der Waals surface area contributed by atoms with Crippen molar-refractivity contribution in [2.45, 2.75) is 50.5 Å². The summed E-state index contributed by atoms with van der Waals surface area (Å²) in [6, 6.07) is 0. The minimum absolute atomic E-state index is 0.383. The summed E-state index contributed by atoms with van der Waals surface area (Å²) in [6.07, 6.45) is -4.18. The predicted octanol–water partition coefficient (Wildman–Crippen LogP) is 0.791. The molecule has 1 saturated heterocycles. The van der Waals surface area contributed by atoms with Gasteiger partial charge in [-0.3, -0.25) is 0 Å². The fourth-order valence-electron chi connectivity index (χ4n) is 1.07. The summed E-state index contributed by atoms with van der Waals surface area (Å²) in [6.45, 7) is -11.2. The van der Waals surface area contributed by atoms with Crippen LogP contribution in [0.15, 0.2) is 0 Å². The van der Waals surface area contributed by atoms with Crippen LogP contribution in [0.3, 0.4) is 0 Å². The topological polar surface area (TPSA) is 69.2 Å². The first-order chi connectivity index (χ1) is 11.1. The van der Waals surface area contributed by atoms with Crippen LogP contribution in [0.5, 0.6) is 0 Å². The van der Waals surface area contributed by atoms with Gasteiger partial charge in [0.25, 0.3) is 1.43 Å². The molecule has 0 spiro atoms. The number of hydrogen-bond donors (Lipinski definition) is 2. The number of aliphatic carboxylic acids is 1. The van der Waals surface area contributed by atoms with Crippen LogP contribution in [-0.2, 0) is 9.90 Å². The number of hydrogen-bond acceptors (Lipinski definition) is 3. The van der Waals surface area contributed by atoms with Crippen LogP contribution in [0, 0.1) is 0 Å². The third-order valence-electron chi connectivity index (χ3n) is 1.72. The first kappa shape index (κ1) is 2.49. The molecule has 0 aromatic carbocycles. The Morgan fingerprint density at radius 2 is 2.46 bits per heavy atom. The zero-order valence-electron chi connectivity index (χ0n) is 19.7. The summed E-state index contributed by atoms with van der Waals surface area (Å²) < 4.78 is 98.3. The number of nitrogens with one attached hydrogen (secondary N) is 1. The van der Waals surface area contributed by atoms with Gasteiger partial charge in [0.1, 0.15) is 1.41 Å². The Hall–Kier alpha value is -0.610. The van der Waals surface area contributed by atoms with E-state index in [-0.39, 0.29) is 0 Å². The molecule has 1 rings (SSSR count). The first-order valence-electron chi connectivity index (χ1n) is 9.67.